The van der Waals surface area contributed by atoms with Gasteiger partial charge in [0.15, 0.2) is 0 Å². The molecule has 4 nitrogen and oxygen atoms in total. The second kappa shape index (κ2) is 5.22. The quantitative estimate of drug-likeness (QED) is 0.928. The normalized spacial score (nSPS) is 25.1. The van der Waals surface area contributed by atoms with Crippen LogP contribution in [0.2, 0.25) is 0 Å². The molecule has 0 radical (unpaired) electrons. The fourth-order valence-corrected chi connectivity index (χ4v) is 2.85. The molecular weight excluding hydrogens is 308 g/mol. The molecule has 0 atom stereocenters. The zero-order valence-corrected chi connectivity index (χ0v) is 12.5. The van der Waals surface area contributed by atoms with E-state index in [0.29, 0.717) is 30.2 Å². The van der Waals surface area contributed by atoms with Crippen molar-refractivity contribution in [3.8, 4) is 11.8 Å². The van der Waals surface area contributed by atoms with E-state index in [9.17, 15) is 10.1 Å². The lowest BCUT2D eigenvalue weighted by atomic mass is 9.63. The molecule has 1 aliphatic rings. The Morgan fingerprint density at radius 1 is 1.58 bits per heavy atom. The molecule has 0 saturated heterocycles. The van der Waals surface area contributed by atoms with Gasteiger partial charge >= 0.3 is 0 Å². The summed E-state index contributed by atoms with van der Waals surface area (Å²) >= 11 is 3.35. The maximum absolute atomic E-state index is 12.2. The average molecular weight is 323 g/mol. The van der Waals surface area contributed by atoms with Crippen molar-refractivity contribution in [2.45, 2.75) is 19.8 Å². The Hall–Kier alpha value is -1.54. The summed E-state index contributed by atoms with van der Waals surface area (Å²) in [4.78, 5) is 12.2. The average Bonchev–Trinajstić information content (AvgIpc) is 2.36. The van der Waals surface area contributed by atoms with Crippen LogP contribution in [0.25, 0.3) is 0 Å². The highest BCUT2D eigenvalue weighted by Gasteiger charge is 2.48. The number of amides is 1. The van der Waals surface area contributed by atoms with Crippen molar-refractivity contribution in [2.24, 2.45) is 11.3 Å². The van der Waals surface area contributed by atoms with Gasteiger partial charge in [-0.3, -0.25) is 4.79 Å². The number of halogens is 1. The first-order chi connectivity index (χ1) is 9.00. The number of benzene rings is 1. The van der Waals surface area contributed by atoms with Crippen LogP contribution >= 0.6 is 15.9 Å². The van der Waals surface area contributed by atoms with E-state index in [2.05, 4.69) is 27.3 Å². The molecule has 1 amide bonds. The van der Waals surface area contributed by atoms with Crippen LogP contribution in [-0.2, 0) is 4.79 Å². The number of hydrogen-bond acceptors (Lipinski definition) is 3. The number of ether oxygens (including phenoxy) is 1. The summed E-state index contributed by atoms with van der Waals surface area (Å²) in [5.41, 5.74) is -0.223. The van der Waals surface area contributed by atoms with Gasteiger partial charge in [-0.15, -0.1) is 0 Å². The maximum atomic E-state index is 12.2. The van der Waals surface area contributed by atoms with Crippen LogP contribution < -0.4 is 10.1 Å². The molecule has 5 heteroatoms. The monoisotopic (exact) mass is 322 g/mol. The van der Waals surface area contributed by atoms with Crippen molar-refractivity contribution in [3.05, 3.63) is 22.7 Å². The minimum Gasteiger partial charge on any atom is -0.495 e. The lowest BCUT2D eigenvalue weighted by molar-refractivity contribution is -0.128. The van der Waals surface area contributed by atoms with E-state index in [4.69, 9.17) is 4.74 Å². The summed E-state index contributed by atoms with van der Waals surface area (Å²) in [5, 5.41) is 12.0. The van der Waals surface area contributed by atoms with Gasteiger partial charge in [0.05, 0.1) is 17.7 Å². The molecule has 1 aromatic rings. The number of carbonyl (C=O) groups is 1. The van der Waals surface area contributed by atoms with Crippen molar-refractivity contribution in [1.82, 2.24) is 0 Å². The second-order valence-electron chi connectivity index (χ2n) is 5.01. The fraction of sp³-hybridized carbons (Fsp3) is 0.429. The molecule has 0 unspecified atom stereocenters. The minimum absolute atomic E-state index is 0.225. The molecule has 1 fully saturated rings. The first kappa shape index (κ1) is 13.9. The van der Waals surface area contributed by atoms with E-state index in [0.717, 1.165) is 4.47 Å². The number of nitriles is 1. The van der Waals surface area contributed by atoms with Gasteiger partial charge in [0.2, 0.25) is 5.91 Å². The zero-order chi connectivity index (χ0) is 14.0. The largest absolute Gasteiger partial charge is 0.495 e. The Morgan fingerprint density at radius 2 is 2.26 bits per heavy atom. The van der Waals surface area contributed by atoms with Crippen LogP contribution in [0.3, 0.4) is 0 Å². The lowest BCUT2D eigenvalue weighted by Gasteiger charge is -2.39. The van der Waals surface area contributed by atoms with Crippen molar-refractivity contribution in [3.63, 3.8) is 0 Å². The Labute approximate surface area is 120 Å². The second-order valence-corrected chi connectivity index (χ2v) is 5.87. The number of rotatable bonds is 3. The first-order valence-corrected chi connectivity index (χ1v) is 6.86. The predicted molar refractivity (Wildman–Crippen MR) is 75.8 cm³/mol. The summed E-state index contributed by atoms with van der Waals surface area (Å²) in [5.74, 6) is 0.855. The molecule has 2 rings (SSSR count). The van der Waals surface area contributed by atoms with Gasteiger partial charge in [0.1, 0.15) is 11.2 Å². The van der Waals surface area contributed by atoms with Crippen molar-refractivity contribution in [1.29, 1.82) is 5.26 Å². The van der Waals surface area contributed by atoms with Crippen LogP contribution in [0, 0.1) is 22.7 Å². The Morgan fingerprint density at radius 3 is 2.79 bits per heavy atom. The van der Waals surface area contributed by atoms with Gasteiger partial charge in [-0.05, 0) is 46.8 Å². The van der Waals surface area contributed by atoms with Crippen LogP contribution in [0.5, 0.6) is 5.75 Å². The smallest absolute Gasteiger partial charge is 0.244 e. The van der Waals surface area contributed by atoms with E-state index >= 15 is 0 Å². The predicted octanol–water partition coefficient (Wildman–Crippen LogP) is 3.34. The molecule has 0 aliphatic heterocycles. The molecular formula is C14H15BrN2O2. The molecule has 0 bridgehead atoms. The number of carbonyl (C=O) groups excluding carboxylic acids is 1. The van der Waals surface area contributed by atoms with Crippen molar-refractivity contribution in [2.75, 3.05) is 12.4 Å². The number of hydrogen-bond donors (Lipinski definition) is 1. The highest BCUT2D eigenvalue weighted by Crippen LogP contribution is 2.45. The van der Waals surface area contributed by atoms with Gasteiger partial charge in [-0.2, -0.15) is 5.26 Å². The highest BCUT2D eigenvalue weighted by molar-refractivity contribution is 9.10. The summed E-state index contributed by atoms with van der Waals surface area (Å²) in [6, 6.07) is 7.46. The minimum atomic E-state index is -0.861. The molecule has 19 heavy (non-hydrogen) atoms. The zero-order valence-electron chi connectivity index (χ0n) is 10.9. The van der Waals surface area contributed by atoms with Crippen LogP contribution in [0.1, 0.15) is 19.8 Å². The van der Waals surface area contributed by atoms with Crippen LogP contribution in [0.15, 0.2) is 22.7 Å². The summed E-state index contributed by atoms with van der Waals surface area (Å²) in [7, 11) is 1.57. The Kier molecular flexibility index (Phi) is 3.81. The summed E-state index contributed by atoms with van der Waals surface area (Å²) in [6.07, 6.45) is 1.26. The van der Waals surface area contributed by atoms with E-state index in [1.54, 1.807) is 25.3 Å². The molecule has 1 aliphatic carbocycles. The molecule has 100 valence electrons. The van der Waals surface area contributed by atoms with Crippen LogP contribution in [-0.4, -0.2) is 13.0 Å². The third-order valence-corrected chi connectivity index (χ3v) is 4.11. The summed E-state index contributed by atoms with van der Waals surface area (Å²) in [6.45, 7) is 2.05. The molecule has 1 N–H and O–H groups in total. The molecule has 0 spiro atoms. The van der Waals surface area contributed by atoms with E-state index in [-0.39, 0.29) is 5.91 Å². The topological polar surface area (TPSA) is 62.1 Å². The third-order valence-electron chi connectivity index (χ3n) is 3.45. The van der Waals surface area contributed by atoms with Gasteiger partial charge in [-0.1, -0.05) is 6.92 Å². The molecule has 0 aromatic heterocycles. The van der Waals surface area contributed by atoms with Crippen LogP contribution in [0.4, 0.5) is 5.69 Å². The third kappa shape index (κ3) is 2.59. The van der Waals surface area contributed by atoms with Gasteiger partial charge in [0.25, 0.3) is 0 Å². The van der Waals surface area contributed by atoms with Gasteiger partial charge in [-0.25, -0.2) is 0 Å². The van der Waals surface area contributed by atoms with E-state index < -0.39 is 5.41 Å². The lowest BCUT2D eigenvalue weighted by Crippen LogP contribution is -2.45. The van der Waals surface area contributed by atoms with Crippen molar-refractivity contribution >= 4 is 27.5 Å². The Balaban J connectivity index is 2.13. The molecule has 1 aromatic carbocycles. The first-order valence-electron chi connectivity index (χ1n) is 6.07. The van der Waals surface area contributed by atoms with Gasteiger partial charge < -0.3 is 10.1 Å². The SMILES string of the molecule is COc1cc(NC(=O)C2(C#N)CC(C)C2)ccc1Br. The highest BCUT2D eigenvalue weighted by atomic mass is 79.9. The molecule has 1 saturated carbocycles. The van der Waals surface area contributed by atoms with Crippen molar-refractivity contribution < 1.29 is 9.53 Å². The standard InChI is InChI=1S/C14H15BrN2O2/c1-9-6-14(7-9,8-16)13(18)17-10-3-4-11(15)12(5-10)19-2/h3-5,9H,6-7H2,1-2H3,(H,17,18). The maximum Gasteiger partial charge on any atom is 0.244 e. The van der Waals surface area contributed by atoms with E-state index in [1.807, 2.05) is 6.92 Å². The van der Waals surface area contributed by atoms with Gasteiger partial charge in [0, 0.05) is 11.8 Å². The number of anilines is 1. The Bertz CT molecular complexity index is 545. The van der Waals surface area contributed by atoms with E-state index in [1.165, 1.54) is 0 Å². The number of nitrogens with zero attached hydrogens (tertiary/aromatic N) is 1. The summed E-state index contributed by atoms with van der Waals surface area (Å²) < 4.78 is 5.99. The number of nitrogens with one attached hydrogen (secondary N) is 1. The number of methoxy groups -OCH3 is 1. The molecule has 0 heterocycles. The fourth-order valence-electron chi connectivity index (χ4n) is 2.45.